The van der Waals surface area contributed by atoms with E-state index in [0.29, 0.717) is 5.82 Å². The summed E-state index contributed by atoms with van der Waals surface area (Å²) in [6.07, 6.45) is 3.15. The van der Waals surface area contributed by atoms with Crippen LogP contribution < -0.4 is 4.72 Å². The van der Waals surface area contributed by atoms with Crippen molar-refractivity contribution in [2.75, 3.05) is 0 Å². The monoisotopic (exact) mass is 413 g/mol. The largest absolute Gasteiger partial charge is 0.336 e. The van der Waals surface area contributed by atoms with Crippen LogP contribution in [0.4, 0.5) is 4.39 Å². The lowest BCUT2D eigenvalue weighted by Crippen LogP contribution is -2.31. The molecule has 3 aromatic rings. The zero-order valence-corrected chi connectivity index (χ0v) is 15.9. The molecule has 0 fully saturated rings. The molecule has 0 spiro atoms. The summed E-state index contributed by atoms with van der Waals surface area (Å²) in [5.41, 5.74) is 0.151. The van der Waals surface area contributed by atoms with Crippen LogP contribution in [-0.4, -0.2) is 18.0 Å². The first kappa shape index (κ1) is 18.8. The summed E-state index contributed by atoms with van der Waals surface area (Å²) in [7, 11) is -2.36. The molecule has 3 rings (SSSR count). The third-order valence-corrected chi connectivity index (χ3v) is 5.59. The molecule has 0 saturated heterocycles. The standard InChI is InChI=1S/C17H14Cl2FN3O2S/c1-23-7-6-21-17(23)16(14-4-2-3-5-15(14)20)22-26(24,25)13-9-11(18)8-12(19)10-13/h2-10,16,22H,1H3. The molecule has 2 aromatic carbocycles. The molecule has 136 valence electrons. The Hall–Kier alpha value is -1.93. The Labute approximate surface area is 160 Å². The molecular weight excluding hydrogens is 400 g/mol. The van der Waals surface area contributed by atoms with Crippen molar-refractivity contribution in [3.05, 3.63) is 82.1 Å². The molecule has 0 aliphatic heterocycles. The minimum atomic E-state index is -4.05. The summed E-state index contributed by atoms with van der Waals surface area (Å²) in [4.78, 5) is 4.04. The third-order valence-electron chi connectivity index (χ3n) is 3.75. The maximum atomic E-state index is 14.4. The summed E-state index contributed by atoms with van der Waals surface area (Å²) >= 11 is 11.8. The Balaban J connectivity index is 2.09. The minimum absolute atomic E-state index is 0.120. The number of nitrogens with zero attached hydrogens (tertiary/aromatic N) is 2. The first-order valence-electron chi connectivity index (χ1n) is 7.48. The van der Waals surface area contributed by atoms with Gasteiger partial charge in [-0.05, 0) is 24.3 Å². The lowest BCUT2D eigenvalue weighted by atomic mass is 10.1. The van der Waals surface area contributed by atoms with Gasteiger partial charge in [0.1, 0.15) is 17.7 Å². The van der Waals surface area contributed by atoms with Crippen molar-refractivity contribution in [2.24, 2.45) is 7.05 Å². The van der Waals surface area contributed by atoms with E-state index in [1.807, 2.05) is 0 Å². The second-order valence-electron chi connectivity index (χ2n) is 5.58. The predicted molar refractivity (Wildman–Crippen MR) is 98.2 cm³/mol. The summed E-state index contributed by atoms with van der Waals surface area (Å²) in [5, 5.41) is 0.356. The molecule has 1 unspecified atom stereocenters. The maximum absolute atomic E-state index is 14.4. The SMILES string of the molecule is Cn1ccnc1C(NS(=O)(=O)c1cc(Cl)cc(Cl)c1)c1ccccc1F. The topological polar surface area (TPSA) is 64.0 Å². The smallest absolute Gasteiger partial charge is 0.241 e. The van der Waals surface area contributed by atoms with E-state index < -0.39 is 21.9 Å². The lowest BCUT2D eigenvalue weighted by Gasteiger charge is -2.20. The molecule has 9 heteroatoms. The van der Waals surface area contributed by atoms with Gasteiger partial charge in [0, 0.05) is 35.1 Å². The van der Waals surface area contributed by atoms with E-state index in [2.05, 4.69) is 9.71 Å². The van der Waals surface area contributed by atoms with E-state index in [1.165, 1.54) is 42.6 Å². The van der Waals surface area contributed by atoms with Gasteiger partial charge in [0.05, 0.1) is 4.90 Å². The van der Waals surface area contributed by atoms with Gasteiger partial charge in [-0.25, -0.2) is 17.8 Å². The Kier molecular flexibility index (Phi) is 5.34. The van der Waals surface area contributed by atoms with Crippen molar-refractivity contribution in [1.29, 1.82) is 0 Å². The van der Waals surface area contributed by atoms with E-state index >= 15 is 0 Å². The molecule has 1 aromatic heterocycles. The number of benzene rings is 2. The zero-order chi connectivity index (χ0) is 18.9. The molecular formula is C17H14Cl2FN3O2S. The fraction of sp³-hybridized carbons (Fsp3) is 0.118. The molecule has 1 N–H and O–H groups in total. The van der Waals surface area contributed by atoms with Gasteiger partial charge >= 0.3 is 0 Å². The highest BCUT2D eigenvalue weighted by molar-refractivity contribution is 7.89. The summed E-state index contributed by atoms with van der Waals surface area (Å²) in [6, 6.07) is 8.85. The number of halogens is 3. The van der Waals surface area contributed by atoms with Crippen LogP contribution in [0, 0.1) is 5.82 Å². The summed E-state index contributed by atoms with van der Waals surface area (Å²) < 4.78 is 44.2. The Morgan fingerprint density at radius 3 is 2.38 bits per heavy atom. The molecule has 0 aliphatic carbocycles. The second-order valence-corrected chi connectivity index (χ2v) is 8.16. The summed E-state index contributed by atoms with van der Waals surface area (Å²) in [6.45, 7) is 0. The van der Waals surface area contributed by atoms with E-state index in [1.54, 1.807) is 23.9 Å². The fourth-order valence-electron chi connectivity index (χ4n) is 2.53. The van der Waals surface area contributed by atoms with Crippen molar-refractivity contribution >= 4 is 33.2 Å². The average molecular weight is 414 g/mol. The molecule has 5 nitrogen and oxygen atoms in total. The van der Waals surface area contributed by atoms with Crippen molar-refractivity contribution < 1.29 is 12.8 Å². The van der Waals surface area contributed by atoms with Gasteiger partial charge < -0.3 is 4.57 Å². The fourth-order valence-corrected chi connectivity index (χ4v) is 4.43. The first-order valence-corrected chi connectivity index (χ1v) is 9.72. The van der Waals surface area contributed by atoms with Gasteiger partial charge in [-0.2, -0.15) is 4.72 Å². The molecule has 0 aliphatic rings. The number of sulfonamides is 1. The van der Waals surface area contributed by atoms with Crippen LogP contribution >= 0.6 is 23.2 Å². The normalized spacial score (nSPS) is 12.9. The van der Waals surface area contributed by atoms with E-state index in [9.17, 15) is 12.8 Å². The zero-order valence-electron chi connectivity index (χ0n) is 13.5. The highest BCUT2D eigenvalue weighted by atomic mass is 35.5. The number of imidazole rings is 1. The van der Waals surface area contributed by atoms with E-state index in [4.69, 9.17) is 23.2 Å². The van der Waals surface area contributed by atoms with Crippen LogP contribution in [0.15, 0.2) is 59.8 Å². The highest BCUT2D eigenvalue weighted by Crippen LogP contribution is 2.27. The van der Waals surface area contributed by atoms with E-state index in [0.717, 1.165) is 0 Å². The molecule has 26 heavy (non-hydrogen) atoms. The van der Waals surface area contributed by atoms with Crippen molar-refractivity contribution in [3.63, 3.8) is 0 Å². The number of rotatable bonds is 5. The van der Waals surface area contributed by atoms with Gasteiger partial charge in [0.2, 0.25) is 10.0 Å². The van der Waals surface area contributed by atoms with Crippen LogP contribution in [-0.2, 0) is 17.1 Å². The van der Waals surface area contributed by atoms with Crippen LogP contribution in [0.3, 0.4) is 0 Å². The number of hydrogen-bond acceptors (Lipinski definition) is 3. The van der Waals surface area contributed by atoms with Crippen LogP contribution in [0.25, 0.3) is 0 Å². The van der Waals surface area contributed by atoms with Crippen molar-refractivity contribution in [2.45, 2.75) is 10.9 Å². The molecule has 0 saturated carbocycles. The Bertz CT molecular complexity index is 1030. The number of hydrogen-bond donors (Lipinski definition) is 1. The van der Waals surface area contributed by atoms with Crippen LogP contribution in [0.2, 0.25) is 10.0 Å². The Morgan fingerprint density at radius 2 is 1.81 bits per heavy atom. The highest BCUT2D eigenvalue weighted by Gasteiger charge is 2.28. The predicted octanol–water partition coefficient (Wildman–Crippen LogP) is 3.93. The summed E-state index contributed by atoms with van der Waals surface area (Å²) in [5.74, 6) is -0.209. The number of aromatic nitrogens is 2. The third kappa shape index (κ3) is 3.91. The molecule has 0 amide bonds. The van der Waals surface area contributed by atoms with Gasteiger partial charge in [0.25, 0.3) is 0 Å². The number of aryl methyl sites for hydroxylation is 1. The minimum Gasteiger partial charge on any atom is -0.336 e. The molecule has 0 radical (unpaired) electrons. The molecule has 1 atom stereocenters. The molecule has 0 bridgehead atoms. The van der Waals surface area contributed by atoms with Crippen molar-refractivity contribution in [1.82, 2.24) is 14.3 Å². The Morgan fingerprint density at radius 1 is 1.15 bits per heavy atom. The average Bonchev–Trinajstić information content (AvgIpc) is 2.98. The van der Waals surface area contributed by atoms with E-state index in [-0.39, 0.29) is 20.5 Å². The first-order chi connectivity index (χ1) is 12.3. The second kappa shape index (κ2) is 7.36. The van der Waals surface area contributed by atoms with Gasteiger partial charge in [0.15, 0.2) is 0 Å². The van der Waals surface area contributed by atoms with Gasteiger partial charge in [-0.3, -0.25) is 0 Å². The van der Waals surface area contributed by atoms with Gasteiger partial charge in [-0.15, -0.1) is 0 Å². The number of nitrogens with one attached hydrogen (secondary N) is 1. The maximum Gasteiger partial charge on any atom is 0.241 e. The quantitative estimate of drug-likeness (QED) is 0.688. The van der Waals surface area contributed by atoms with Gasteiger partial charge in [-0.1, -0.05) is 41.4 Å². The lowest BCUT2D eigenvalue weighted by molar-refractivity contribution is 0.545. The van der Waals surface area contributed by atoms with Crippen molar-refractivity contribution in [3.8, 4) is 0 Å². The van der Waals surface area contributed by atoms with Crippen LogP contribution in [0.5, 0.6) is 0 Å². The van der Waals surface area contributed by atoms with Crippen LogP contribution in [0.1, 0.15) is 17.4 Å². The molecule has 1 heterocycles.